The zero-order chi connectivity index (χ0) is 20.1. The van der Waals surface area contributed by atoms with Crippen molar-refractivity contribution in [3.05, 3.63) is 52.3 Å². The minimum Gasteiger partial charge on any atom is -0.492 e. The quantitative estimate of drug-likeness (QED) is 0.569. The van der Waals surface area contributed by atoms with Crippen molar-refractivity contribution in [3.8, 4) is 5.75 Å². The number of Topliss-reactive ketones (excluding diaryl/α,β-unsaturated/α-hetero) is 1. The van der Waals surface area contributed by atoms with E-state index in [1.807, 2.05) is 50.1 Å². The molecular weight excluding hydrogens is 344 g/mol. The predicted octanol–water partition coefficient (Wildman–Crippen LogP) is 3.31. The summed E-state index contributed by atoms with van der Waals surface area (Å²) in [6.07, 6.45) is 0. The molecule has 1 atom stereocenters. The van der Waals surface area contributed by atoms with E-state index < -0.39 is 5.97 Å². The lowest BCUT2D eigenvalue weighted by Crippen LogP contribution is -2.38. The van der Waals surface area contributed by atoms with Gasteiger partial charge in [-0.1, -0.05) is 17.7 Å². The highest BCUT2D eigenvalue weighted by Crippen LogP contribution is 2.21. The zero-order valence-electron chi connectivity index (χ0n) is 16.9. The Morgan fingerprint density at radius 3 is 2.37 bits per heavy atom. The number of hydrogen-bond acceptors (Lipinski definition) is 5. The first-order valence-corrected chi connectivity index (χ1v) is 8.97. The lowest BCUT2D eigenvalue weighted by atomic mass is 10.0. The van der Waals surface area contributed by atoms with E-state index in [1.54, 1.807) is 13.8 Å². The maximum atomic E-state index is 12.9. The first kappa shape index (κ1) is 20.7. The molecule has 1 heterocycles. The minimum absolute atomic E-state index is 0.0661. The van der Waals surface area contributed by atoms with Crippen molar-refractivity contribution in [3.63, 3.8) is 0 Å². The highest BCUT2D eigenvalue weighted by atomic mass is 16.5. The Morgan fingerprint density at radius 2 is 1.78 bits per heavy atom. The van der Waals surface area contributed by atoms with Crippen LogP contribution in [0.2, 0.25) is 0 Å². The molecule has 0 saturated carbocycles. The number of hydrogen-bond donors (Lipinski definition) is 1. The van der Waals surface area contributed by atoms with Crippen molar-refractivity contribution >= 4 is 11.8 Å². The summed E-state index contributed by atoms with van der Waals surface area (Å²) < 4.78 is 10.5. The van der Waals surface area contributed by atoms with Gasteiger partial charge in [-0.25, -0.2) is 4.79 Å². The summed E-state index contributed by atoms with van der Waals surface area (Å²) in [5.74, 6) is 0.308. The van der Waals surface area contributed by atoms with Crippen LogP contribution in [0, 0.1) is 20.8 Å². The van der Waals surface area contributed by atoms with Crippen LogP contribution in [0.5, 0.6) is 5.75 Å². The third-order valence-electron chi connectivity index (χ3n) is 4.85. The Kier molecular flexibility index (Phi) is 6.80. The molecule has 146 valence electrons. The molecule has 0 amide bonds. The van der Waals surface area contributed by atoms with Gasteiger partial charge in [-0.3, -0.25) is 9.69 Å². The van der Waals surface area contributed by atoms with E-state index in [0.717, 1.165) is 5.75 Å². The van der Waals surface area contributed by atoms with Crippen molar-refractivity contribution in [2.75, 3.05) is 27.3 Å². The summed E-state index contributed by atoms with van der Waals surface area (Å²) in [5, 5.41) is 0. The number of benzene rings is 1. The maximum absolute atomic E-state index is 12.9. The number of aromatic nitrogens is 1. The SMILES string of the molecule is COC(=O)c1c(C)[nH]c(C(=O)[C@@H](C)N(C)CCOc2ccc(C)cc2)c1C. The average Bonchev–Trinajstić information content (AvgIpc) is 2.95. The van der Waals surface area contributed by atoms with E-state index in [4.69, 9.17) is 9.47 Å². The normalized spacial score (nSPS) is 12.1. The molecule has 0 unspecified atom stereocenters. The molecule has 1 aromatic heterocycles. The van der Waals surface area contributed by atoms with Crippen LogP contribution < -0.4 is 4.74 Å². The summed E-state index contributed by atoms with van der Waals surface area (Å²) in [4.78, 5) is 29.8. The van der Waals surface area contributed by atoms with Crippen LogP contribution in [0.1, 0.15) is 44.6 Å². The fraction of sp³-hybridized carbons (Fsp3) is 0.429. The van der Waals surface area contributed by atoms with Gasteiger partial charge in [-0.05, 0) is 52.4 Å². The maximum Gasteiger partial charge on any atom is 0.339 e. The Bertz CT molecular complexity index is 808. The number of H-pyrrole nitrogens is 1. The molecule has 0 fully saturated rings. The lowest BCUT2D eigenvalue weighted by molar-refractivity contribution is 0.0599. The molecule has 0 aliphatic rings. The van der Waals surface area contributed by atoms with Crippen molar-refractivity contribution in [2.45, 2.75) is 33.7 Å². The number of ketones is 1. The first-order valence-electron chi connectivity index (χ1n) is 8.97. The molecule has 1 N–H and O–H groups in total. The number of rotatable bonds is 8. The minimum atomic E-state index is -0.437. The molecule has 0 bridgehead atoms. The molecule has 27 heavy (non-hydrogen) atoms. The van der Waals surface area contributed by atoms with Gasteiger partial charge >= 0.3 is 5.97 Å². The number of carbonyl (C=O) groups excluding carboxylic acids is 2. The number of nitrogens with one attached hydrogen (secondary N) is 1. The summed E-state index contributed by atoms with van der Waals surface area (Å²) in [6, 6.07) is 7.52. The number of methoxy groups -OCH3 is 1. The summed E-state index contributed by atoms with van der Waals surface area (Å²) in [5.41, 5.74) is 3.33. The van der Waals surface area contributed by atoms with Gasteiger partial charge in [0.15, 0.2) is 5.78 Å². The number of aryl methyl sites for hydroxylation is 2. The predicted molar refractivity (Wildman–Crippen MR) is 105 cm³/mol. The van der Waals surface area contributed by atoms with Gasteiger partial charge < -0.3 is 14.5 Å². The molecule has 0 aliphatic carbocycles. The Hall–Kier alpha value is -2.60. The largest absolute Gasteiger partial charge is 0.492 e. The van der Waals surface area contributed by atoms with E-state index >= 15 is 0 Å². The van der Waals surface area contributed by atoms with Gasteiger partial charge in [0.05, 0.1) is 24.4 Å². The summed E-state index contributed by atoms with van der Waals surface area (Å²) in [6.45, 7) is 8.48. The third-order valence-corrected chi connectivity index (χ3v) is 4.85. The van der Waals surface area contributed by atoms with Crippen LogP contribution in [-0.2, 0) is 4.74 Å². The Labute approximate surface area is 160 Å². The molecule has 0 spiro atoms. The molecule has 2 aromatic rings. The molecule has 6 heteroatoms. The van der Waals surface area contributed by atoms with Gasteiger partial charge in [0.2, 0.25) is 0 Å². The lowest BCUT2D eigenvalue weighted by Gasteiger charge is -2.23. The summed E-state index contributed by atoms with van der Waals surface area (Å²) in [7, 11) is 3.22. The second kappa shape index (κ2) is 8.86. The zero-order valence-corrected chi connectivity index (χ0v) is 16.9. The number of carbonyl (C=O) groups is 2. The van der Waals surface area contributed by atoms with Crippen molar-refractivity contribution in [2.24, 2.45) is 0 Å². The van der Waals surface area contributed by atoms with Crippen LogP contribution in [0.3, 0.4) is 0 Å². The second-order valence-electron chi connectivity index (χ2n) is 6.80. The van der Waals surface area contributed by atoms with Crippen LogP contribution in [-0.4, -0.2) is 55.0 Å². The smallest absolute Gasteiger partial charge is 0.339 e. The highest BCUT2D eigenvalue weighted by Gasteiger charge is 2.27. The van der Waals surface area contributed by atoms with Gasteiger partial charge in [0.1, 0.15) is 12.4 Å². The molecular formula is C21H28N2O4. The van der Waals surface area contributed by atoms with Gasteiger partial charge in [0, 0.05) is 12.2 Å². The monoisotopic (exact) mass is 372 g/mol. The first-order chi connectivity index (χ1) is 12.8. The van der Waals surface area contributed by atoms with Gasteiger partial charge in [-0.2, -0.15) is 0 Å². The topological polar surface area (TPSA) is 71.6 Å². The molecule has 0 aliphatic heterocycles. The Morgan fingerprint density at radius 1 is 1.15 bits per heavy atom. The van der Waals surface area contributed by atoms with Crippen LogP contribution in [0.15, 0.2) is 24.3 Å². The molecule has 0 radical (unpaired) electrons. The fourth-order valence-electron chi connectivity index (χ4n) is 2.95. The van der Waals surface area contributed by atoms with E-state index in [0.29, 0.717) is 35.7 Å². The molecule has 6 nitrogen and oxygen atoms in total. The van der Waals surface area contributed by atoms with Crippen LogP contribution in [0.4, 0.5) is 0 Å². The van der Waals surface area contributed by atoms with Crippen molar-refractivity contribution < 1.29 is 19.1 Å². The number of likely N-dealkylation sites (N-methyl/N-ethyl adjacent to an activating group) is 1. The molecule has 2 rings (SSSR count). The highest BCUT2D eigenvalue weighted by molar-refractivity contribution is 6.03. The number of esters is 1. The second-order valence-corrected chi connectivity index (χ2v) is 6.80. The standard InChI is InChI=1S/C21H28N2O4/c1-13-7-9-17(10-8-13)27-12-11-23(5)16(4)20(24)19-14(2)18(15(3)22-19)21(25)26-6/h7-10,16,22H,11-12H2,1-6H3/t16-/m1/s1. The van der Waals surface area contributed by atoms with Gasteiger partial charge in [0.25, 0.3) is 0 Å². The average molecular weight is 372 g/mol. The van der Waals surface area contributed by atoms with Crippen molar-refractivity contribution in [1.29, 1.82) is 0 Å². The number of aromatic amines is 1. The third kappa shape index (κ3) is 4.77. The number of ether oxygens (including phenoxy) is 2. The molecule has 1 aromatic carbocycles. The molecule has 0 saturated heterocycles. The van der Waals surface area contributed by atoms with E-state index in [2.05, 4.69) is 4.98 Å². The van der Waals surface area contributed by atoms with Crippen LogP contribution in [0.25, 0.3) is 0 Å². The number of nitrogens with zero attached hydrogens (tertiary/aromatic N) is 1. The van der Waals surface area contributed by atoms with E-state index in [1.165, 1.54) is 12.7 Å². The van der Waals surface area contributed by atoms with Gasteiger partial charge in [-0.15, -0.1) is 0 Å². The summed E-state index contributed by atoms with van der Waals surface area (Å²) >= 11 is 0. The van der Waals surface area contributed by atoms with E-state index in [9.17, 15) is 9.59 Å². The fourth-order valence-corrected chi connectivity index (χ4v) is 2.95. The van der Waals surface area contributed by atoms with Crippen molar-refractivity contribution in [1.82, 2.24) is 9.88 Å². The Balaban J connectivity index is 1.99. The van der Waals surface area contributed by atoms with E-state index in [-0.39, 0.29) is 11.8 Å². The van der Waals surface area contributed by atoms with Crippen LogP contribution >= 0.6 is 0 Å².